The van der Waals surface area contributed by atoms with Crippen LogP contribution in [0.25, 0.3) is 0 Å². The van der Waals surface area contributed by atoms with Crippen LogP contribution >= 0.6 is 0 Å². The van der Waals surface area contributed by atoms with Crippen molar-refractivity contribution in [3.05, 3.63) is 12.4 Å². The molecule has 1 fully saturated rings. The summed E-state index contributed by atoms with van der Waals surface area (Å²) in [6, 6.07) is 0. The number of rotatable bonds is 6. The van der Waals surface area contributed by atoms with Crippen LogP contribution in [0.15, 0.2) is 12.4 Å². The van der Waals surface area contributed by atoms with Gasteiger partial charge in [0.25, 0.3) is 0 Å². The maximum absolute atomic E-state index is 10.9. The van der Waals surface area contributed by atoms with Crippen molar-refractivity contribution in [1.82, 2.24) is 9.97 Å². The van der Waals surface area contributed by atoms with Crippen LogP contribution in [-0.4, -0.2) is 40.7 Å². The summed E-state index contributed by atoms with van der Waals surface area (Å²) >= 11 is 0. The number of aromatic nitrogens is 2. The van der Waals surface area contributed by atoms with Crippen LogP contribution < -0.4 is 9.64 Å². The van der Waals surface area contributed by atoms with Gasteiger partial charge in [-0.2, -0.15) is 4.98 Å². The molecule has 2 rings (SSSR count). The van der Waals surface area contributed by atoms with E-state index in [9.17, 15) is 4.79 Å². The Hall–Kier alpha value is -1.85. The molecule has 1 atom stereocenters. The Kier molecular flexibility index (Phi) is 4.19. The van der Waals surface area contributed by atoms with Crippen LogP contribution in [0, 0.1) is 11.8 Å². The molecular weight excluding hydrogens is 246 g/mol. The third-order valence-corrected chi connectivity index (χ3v) is 3.38. The molecule has 0 radical (unpaired) electrons. The predicted octanol–water partition coefficient (Wildman–Crippen LogP) is 1.42. The summed E-state index contributed by atoms with van der Waals surface area (Å²) in [7, 11) is 0. The van der Waals surface area contributed by atoms with Crippen molar-refractivity contribution in [2.75, 3.05) is 24.6 Å². The molecule has 6 heteroatoms. The first-order valence-electron chi connectivity index (χ1n) is 6.54. The molecule has 1 saturated heterocycles. The standard InChI is InChI=1S/C13H19N3O3/c1-3-4-19-12-6-14-5-11(15-12)16-7-10(8-16)9(2)13(17)18/h5-6,9-10H,3-4,7-8H2,1-2H3,(H,17,18). The van der Waals surface area contributed by atoms with Crippen molar-refractivity contribution in [2.24, 2.45) is 11.8 Å². The lowest BCUT2D eigenvalue weighted by Gasteiger charge is -2.41. The molecule has 104 valence electrons. The summed E-state index contributed by atoms with van der Waals surface area (Å²) in [6.07, 6.45) is 4.20. The van der Waals surface area contributed by atoms with Crippen molar-refractivity contribution in [2.45, 2.75) is 20.3 Å². The van der Waals surface area contributed by atoms with Gasteiger partial charge in [0, 0.05) is 19.0 Å². The number of hydrogen-bond acceptors (Lipinski definition) is 5. The summed E-state index contributed by atoms with van der Waals surface area (Å²) in [5.41, 5.74) is 0. The van der Waals surface area contributed by atoms with E-state index in [1.165, 1.54) is 0 Å². The maximum Gasteiger partial charge on any atom is 0.306 e. The summed E-state index contributed by atoms with van der Waals surface area (Å²) < 4.78 is 5.43. The van der Waals surface area contributed by atoms with Crippen molar-refractivity contribution in [1.29, 1.82) is 0 Å². The second-order valence-electron chi connectivity index (χ2n) is 4.86. The topological polar surface area (TPSA) is 75.5 Å². The molecule has 1 aromatic rings. The van der Waals surface area contributed by atoms with E-state index in [0.29, 0.717) is 25.6 Å². The molecule has 0 aromatic carbocycles. The number of carboxylic acid groups (broad SMARTS) is 1. The minimum atomic E-state index is -0.740. The van der Waals surface area contributed by atoms with Gasteiger partial charge in [0.05, 0.1) is 24.9 Å². The van der Waals surface area contributed by atoms with E-state index < -0.39 is 5.97 Å². The normalized spacial score (nSPS) is 16.8. The SMILES string of the molecule is CCCOc1cncc(N2CC(C(C)C(=O)O)C2)n1. The smallest absolute Gasteiger partial charge is 0.306 e. The highest BCUT2D eigenvalue weighted by atomic mass is 16.5. The van der Waals surface area contributed by atoms with Gasteiger partial charge in [-0.25, -0.2) is 0 Å². The monoisotopic (exact) mass is 265 g/mol. The summed E-state index contributed by atoms with van der Waals surface area (Å²) in [6.45, 7) is 5.82. The lowest BCUT2D eigenvalue weighted by Crippen LogP contribution is -2.51. The second kappa shape index (κ2) is 5.86. The van der Waals surface area contributed by atoms with Gasteiger partial charge in [-0.05, 0) is 6.42 Å². The zero-order valence-corrected chi connectivity index (χ0v) is 11.2. The van der Waals surface area contributed by atoms with Crippen LogP contribution in [0.5, 0.6) is 5.88 Å². The van der Waals surface area contributed by atoms with E-state index in [1.54, 1.807) is 19.3 Å². The Labute approximate surface area is 112 Å². The van der Waals surface area contributed by atoms with Gasteiger partial charge in [0.15, 0.2) is 5.82 Å². The molecule has 1 aliphatic rings. The third-order valence-electron chi connectivity index (χ3n) is 3.38. The average Bonchev–Trinajstić information content (AvgIpc) is 2.35. The molecule has 1 unspecified atom stereocenters. The molecule has 0 aliphatic carbocycles. The quantitative estimate of drug-likeness (QED) is 0.838. The molecule has 6 nitrogen and oxygen atoms in total. The van der Waals surface area contributed by atoms with E-state index in [2.05, 4.69) is 9.97 Å². The number of carboxylic acids is 1. The van der Waals surface area contributed by atoms with Crippen molar-refractivity contribution < 1.29 is 14.6 Å². The largest absolute Gasteiger partial charge is 0.481 e. The van der Waals surface area contributed by atoms with E-state index in [1.807, 2.05) is 11.8 Å². The molecule has 0 bridgehead atoms. The number of nitrogens with zero attached hydrogens (tertiary/aromatic N) is 3. The second-order valence-corrected chi connectivity index (χ2v) is 4.86. The van der Waals surface area contributed by atoms with Crippen LogP contribution in [0.2, 0.25) is 0 Å². The van der Waals surface area contributed by atoms with Crippen molar-refractivity contribution in [3.8, 4) is 5.88 Å². The van der Waals surface area contributed by atoms with E-state index in [-0.39, 0.29) is 11.8 Å². The van der Waals surface area contributed by atoms with Crippen LogP contribution in [0.3, 0.4) is 0 Å². The van der Waals surface area contributed by atoms with Crippen LogP contribution in [0.1, 0.15) is 20.3 Å². The van der Waals surface area contributed by atoms with Gasteiger partial charge < -0.3 is 14.7 Å². The molecule has 19 heavy (non-hydrogen) atoms. The first-order valence-corrected chi connectivity index (χ1v) is 6.54. The fourth-order valence-corrected chi connectivity index (χ4v) is 1.98. The van der Waals surface area contributed by atoms with E-state index in [4.69, 9.17) is 9.84 Å². The minimum Gasteiger partial charge on any atom is -0.481 e. The molecular formula is C13H19N3O3. The van der Waals surface area contributed by atoms with Gasteiger partial charge in [0.2, 0.25) is 5.88 Å². The van der Waals surface area contributed by atoms with E-state index in [0.717, 1.165) is 12.2 Å². The Morgan fingerprint density at radius 3 is 2.95 bits per heavy atom. The molecule has 1 aromatic heterocycles. The van der Waals surface area contributed by atoms with Gasteiger partial charge >= 0.3 is 5.97 Å². The highest BCUT2D eigenvalue weighted by Crippen LogP contribution is 2.28. The maximum atomic E-state index is 10.9. The molecule has 0 saturated carbocycles. The fourth-order valence-electron chi connectivity index (χ4n) is 1.98. The predicted molar refractivity (Wildman–Crippen MR) is 70.3 cm³/mol. The number of ether oxygens (including phenoxy) is 1. The third kappa shape index (κ3) is 3.13. The van der Waals surface area contributed by atoms with E-state index >= 15 is 0 Å². The average molecular weight is 265 g/mol. The lowest BCUT2D eigenvalue weighted by atomic mass is 9.87. The van der Waals surface area contributed by atoms with Crippen molar-refractivity contribution >= 4 is 11.8 Å². The highest BCUT2D eigenvalue weighted by molar-refractivity contribution is 5.70. The van der Waals surface area contributed by atoms with Crippen LogP contribution in [0.4, 0.5) is 5.82 Å². The molecule has 0 spiro atoms. The van der Waals surface area contributed by atoms with Crippen molar-refractivity contribution in [3.63, 3.8) is 0 Å². The zero-order chi connectivity index (χ0) is 13.8. The molecule has 1 aliphatic heterocycles. The fraction of sp³-hybridized carbons (Fsp3) is 0.615. The Balaban J connectivity index is 1.92. The first kappa shape index (κ1) is 13.6. The summed E-state index contributed by atoms with van der Waals surface area (Å²) in [4.78, 5) is 21.4. The van der Waals surface area contributed by atoms with Gasteiger partial charge in [-0.1, -0.05) is 13.8 Å². The lowest BCUT2D eigenvalue weighted by molar-refractivity contribution is -0.143. The minimum absolute atomic E-state index is 0.180. The number of hydrogen-bond donors (Lipinski definition) is 1. The molecule has 1 N–H and O–H groups in total. The Morgan fingerprint density at radius 1 is 1.58 bits per heavy atom. The summed E-state index contributed by atoms with van der Waals surface area (Å²) in [5, 5.41) is 8.95. The molecule has 2 heterocycles. The zero-order valence-electron chi connectivity index (χ0n) is 11.2. The van der Waals surface area contributed by atoms with Crippen LogP contribution in [-0.2, 0) is 4.79 Å². The number of anilines is 1. The number of carbonyl (C=O) groups is 1. The first-order chi connectivity index (χ1) is 9.11. The van der Waals surface area contributed by atoms with Gasteiger partial charge in [-0.15, -0.1) is 0 Å². The van der Waals surface area contributed by atoms with Gasteiger partial charge in [0.1, 0.15) is 0 Å². The summed E-state index contributed by atoms with van der Waals surface area (Å²) in [5.74, 6) is 0.399. The Bertz CT molecular complexity index is 447. The molecule has 0 amide bonds. The van der Waals surface area contributed by atoms with Gasteiger partial charge in [-0.3, -0.25) is 9.78 Å². The number of aliphatic carboxylic acids is 1. The Morgan fingerprint density at radius 2 is 2.32 bits per heavy atom. The highest BCUT2D eigenvalue weighted by Gasteiger charge is 2.35.